The van der Waals surface area contributed by atoms with Gasteiger partial charge in [-0.3, -0.25) is 4.79 Å². The van der Waals surface area contributed by atoms with Crippen LogP contribution in [0.2, 0.25) is 0 Å². The Morgan fingerprint density at radius 1 is 1.10 bits per heavy atom. The first-order valence-corrected chi connectivity index (χ1v) is 6.43. The lowest BCUT2D eigenvalue weighted by Gasteiger charge is -2.09. The van der Waals surface area contributed by atoms with Crippen LogP contribution in [0.5, 0.6) is 11.5 Å². The molecule has 0 bridgehead atoms. The highest BCUT2D eigenvalue weighted by atomic mass is 16.5. The molecule has 0 aliphatic rings. The third-order valence-corrected chi connectivity index (χ3v) is 3.32. The molecule has 0 aliphatic heterocycles. The zero-order chi connectivity index (χ0) is 14.8. The Hall–Kier alpha value is -2.82. The number of aromatic nitrogens is 2. The molecule has 0 spiro atoms. The number of hydrogen-bond donors (Lipinski definition) is 0. The molecule has 0 aliphatic carbocycles. The third kappa shape index (κ3) is 2.23. The van der Waals surface area contributed by atoms with Crippen LogP contribution in [-0.2, 0) is 0 Å². The summed E-state index contributed by atoms with van der Waals surface area (Å²) < 4.78 is 12.1. The molecule has 2 heterocycles. The number of rotatable bonds is 4. The molecule has 0 saturated heterocycles. The molecule has 3 aromatic rings. The molecule has 0 fully saturated rings. The summed E-state index contributed by atoms with van der Waals surface area (Å²) in [7, 11) is 3.10. The number of methoxy groups -OCH3 is 2. The van der Waals surface area contributed by atoms with Crippen LogP contribution in [0.1, 0.15) is 15.9 Å². The van der Waals surface area contributed by atoms with Crippen molar-refractivity contribution in [2.45, 2.75) is 0 Å². The highest BCUT2D eigenvalue weighted by Crippen LogP contribution is 2.27. The highest BCUT2D eigenvalue weighted by molar-refractivity contribution is 6.14. The minimum atomic E-state index is -0.146. The van der Waals surface area contributed by atoms with Crippen LogP contribution >= 0.6 is 0 Å². The molecule has 3 rings (SSSR count). The summed E-state index contributed by atoms with van der Waals surface area (Å²) in [5.41, 5.74) is 1.74. The van der Waals surface area contributed by atoms with Gasteiger partial charge in [-0.1, -0.05) is 6.07 Å². The summed E-state index contributed by atoms with van der Waals surface area (Å²) >= 11 is 0. The maximum absolute atomic E-state index is 12.8. The number of fused-ring (bicyclic) bond motifs is 1. The fraction of sp³-hybridized carbons (Fsp3) is 0.125. The van der Waals surface area contributed by atoms with Crippen molar-refractivity contribution >= 4 is 11.3 Å². The van der Waals surface area contributed by atoms with E-state index in [9.17, 15) is 4.79 Å². The van der Waals surface area contributed by atoms with Gasteiger partial charge in [0.2, 0.25) is 5.78 Å². The Kier molecular flexibility index (Phi) is 3.31. The quantitative estimate of drug-likeness (QED) is 0.690. The summed E-state index contributed by atoms with van der Waals surface area (Å²) in [5, 5.41) is 4.19. The van der Waals surface area contributed by atoms with E-state index in [1.165, 1.54) is 7.11 Å². The number of ether oxygens (including phenoxy) is 2. The molecular weight excluding hydrogens is 268 g/mol. The Morgan fingerprint density at radius 2 is 1.95 bits per heavy atom. The van der Waals surface area contributed by atoms with Crippen LogP contribution in [0.4, 0.5) is 0 Å². The van der Waals surface area contributed by atoms with Crippen molar-refractivity contribution < 1.29 is 14.3 Å². The Morgan fingerprint density at radius 3 is 2.71 bits per heavy atom. The fourth-order valence-electron chi connectivity index (χ4n) is 2.25. The zero-order valence-electron chi connectivity index (χ0n) is 11.7. The Labute approximate surface area is 121 Å². The van der Waals surface area contributed by atoms with Crippen molar-refractivity contribution in [1.29, 1.82) is 0 Å². The van der Waals surface area contributed by atoms with Gasteiger partial charge in [0.15, 0.2) is 0 Å². The van der Waals surface area contributed by atoms with Gasteiger partial charge in [0.25, 0.3) is 0 Å². The number of ketones is 1. The molecule has 0 atom stereocenters. The van der Waals surface area contributed by atoms with Crippen LogP contribution in [0.25, 0.3) is 5.52 Å². The first-order chi connectivity index (χ1) is 10.2. The van der Waals surface area contributed by atoms with Crippen molar-refractivity contribution in [2.24, 2.45) is 0 Å². The van der Waals surface area contributed by atoms with Crippen LogP contribution in [0.3, 0.4) is 0 Å². The largest absolute Gasteiger partial charge is 0.497 e. The van der Waals surface area contributed by atoms with Crippen LogP contribution < -0.4 is 9.47 Å². The van der Waals surface area contributed by atoms with E-state index in [1.54, 1.807) is 42.2 Å². The molecule has 0 unspecified atom stereocenters. The minimum Gasteiger partial charge on any atom is -0.497 e. The summed E-state index contributed by atoms with van der Waals surface area (Å²) in [6, 6.07) is 10.7. The predicted molar refractivity (Wildman–Crippen MR) is 78.2 cm³/mol. The van der Waals surface area contributed by atoms with Gasteiger partial charge in [0.1, 0.15) is 11.5 Å². The number of nitrogens with zero attached hydrogens (tertiary/aromatic N) is 2. The van der Waals surface area contributed by atoms with Crippen molar-refractivity contribution in [3.05, 3.63) is 59.9 Å². The Bertz CT molecular complexity index is 808. The highest BCUT2D eigenvalue weighted by Gasteiger charge is 2.19. The monoisotopic (exact) mass is 282 g/mol. The van der Waals surface area contributed by atoms with E-state index >= 15 is 0 Å². The predicted octanol–water partition coefficient (Wildman–Crippen LogP) is 2.58. The molecule has 106 valence electrons. The average molecular weight is 282 g/mol. The van der Waals surface area contributed by atoms with Crippen molar-refractivity contribution in [2.75, 3.05) is 14.2 Å². The van der Waals surface area contributed by atoms with Crippen LogP contribution in [-0.4, -0.2) is 29.6 Å². The van der Waals surface area contributed by atoms with Crippen molar-refractivity contribution in [3.8, 4) is 11.5 Å². The number of carbonyl (C=O) groups is 1. The van der Waals surface area contributed by atoms with Gasteiger partial charge >= 0.3 is 0 Å². The van der Waals surface area contributed by atoms with E-state index in [4.69, 9.17) is 9.47 Å². The lowest BCUT2D eigenvalue weighted by molar-refractivity contribution is 0.103. The average Bonchev–Trinajstić information content (AvgIpc) is 2.97. The first kappa shape index (κ1) is 13.2. The molecule has 1 aromatic carbocycles. The minimum absolute atomic E-state index is 0.146. The lowest BCUT2D eigenvalue weighted by Crippen LogP contribution is -2.04. The summed E-state index contributed by atoms with van der Waals surface area (Å²) in [4.78, 5) is 12.8. The standard InChI is InChI=1S/C16H14N2O3/c1-20-11-6-7-15(21-2)12(9-11)16(19)13-10-17-18-8-4-3-5-14(13)18/h3-10H,1-2H3. The molecular formula is C16H14N2O3. The summed E-state index contributed by atoms with van der Waals surface area (Å²) in [6.07, 6.45) is 3.37. The number of benzene rings is 1. The van der Waals surface area contributed by atoms with Gasteiger partial charge in [0.05, 0.1) is 37.1 Å². The first-order valence-electron chi connectivity index (χ1n) is 6.43. The second-order valence-corrected chi connectivity index (χ2v) is 4.48. The molecule has 2 aromatic heterocycles. The maximum atomic E-state index is 12.8. The van der Waals surface area contributed by atoms with E-state index < -0.39 is 0 Å². The van der Waals surface area contributed by atoms with Gasteiger partial charge in [-0.25, -0.2) is 4.52 Å². The van der Waals surface area contributed by atoms with E-state index in [0.717, 1.165) is 5.52 Å². The Balaban J connectivity index is 2.13. The SMILES string of the molecule is COc1ccc(OC)c(C(=O)c2cnn3ccccc23)c1. The van der Waals surface area contributed by atoms with Crippen LogP contribution in [0.15, 0.2) is 48.8 Å². The van der Waals surface area contributed by atoms with Gasteiger partial charge in [-0.2, -0.15) is 5.10 Å². The van der Waals surface area contributed by atoms with Crippen LogP contribution in [0, 0.1) is 0 Å². The van der Waals surface area contributed by atoms with E-state index in [-0.39, 0.29) is 5.78 Å². The van der Waals surface area contributed by atoms with E-state index in [1.807, 2.05) is 18.2 Å². The smallest absolute Gasteiger partial charge is 0.200 e. The molecule has 0 radical (unpaired) electrons. The van der Waals surface area contributed by atoms with E-state index in [0.29, 0.717) is 22.6 Å². The third-order valence-electron chi connectivity index (χ3n) is 3.32. The topological polar surface area (TPSA) is 52.8 Å². The number of pyridine rings is 1. The van der Waals surface area contributed by atoms with Gasteiger partial charge < -0.3 is 9.47 Å². The molecule has 0 saturated carbocycles. The molecule has 0 amide bonds. The number of carbonyl (C=O) groups excluding carboxylic acids is 1. The number of hydrogen-bond acceptors (Lipinski definition) is 4. The van der Waals surface area contributed by atoms with E-state index in [2.05, 4.69) is 5.10 Å². The zero-order valence-corrected chi connectivity index (χ0v) is 11.7. The summed E-state index contributed by atoms with van der Waals surface area (Å²) in [5.74, 6) is 0.971. The summed E-state index contributed by atoms with van der Waals surface area (Å²) in [6.45, 7) is 0. The normalized spacial score (nSPS) is 10.6. The van der Waals surface area contributed by atoms with Gasteiger partial charge in [-0.15, -0.1) is 0 Å². The maximum Gasteiger partial charge on any atom is 0.200 e. The molecule has 21 heavy (non-hydrogen) atoms. The second kappa shape index (κ2) is 5.28. The molecule has 0 N–H and O–H groups in total. The van der Waals surface area contributed by atoms with Gasteiger partial charge in [-0.05, 0) is 30.3 Å². The van der Waals surface area contributed by atoms with Crippen molar-refractivity contribution in [3.63, 3.8) is 0 Å². The van der Waals surface area contributed by atoms with Crippen molar-refractivity contribution in [1.82, 2.24) is 9.61 Å². The molecule has 5 nitrogen and oxygen atoms in total. The second-order valence-electron chi connectivity index (χ2n) is 4.48. The van der Waals surface area contributed by atoms with Gasteiger partial charge in [0, 0.05) is 6.20 Å². The fourth-order valence-corrected chi connectivity index (χ4v) is 2.25. The molecule has 5 heteroatoms. The lowest BCUT2D eigenvalue weighted by atomic mass is 10.0.